The lowest BCUT2D eigenvalue weighted by Crippen LogP contribution is -2.10. The zero-order valence-corrected chi connectivity index (χ0v) is 17.2. The highest BCUT2D eigenvalue weighted by Crippen LogP contribution is 2.39. The molecule has 0 atom stereocenters. The average Bonchev–Trinajstić information content (AvgIpc) is 3.05. The van der Waals surface area contributed by atoms with Crippen molar-refractivity contribution in [3.63, 3.8) is 0 Å². The number of nitro groups is 1. The predicted molar refractivity (Wildman–Crippen MR) is 115 cm³/mol. The Balaban J connectivity index is 1.93. The van der Waals surface area contributed by atoms with E-state index >= 15 is 0 Å². The number of non-ortho nitro benzene ring substituents is 1. The lowest BCUT2D eigenvalue weighted by atomic mass is 10.1. The maximum absolute atomic E-state index is 12.4. The van der Waals surface area contributed by atoms with Gasteiger partial charge in [0.15, 0.2) is 0 Å². The second kappa shape index (κ2) is 7.98. The van der Waals surface area contributed by atoms with Crippen molar-refractivity contribution in [1.29, 1.82) is 0 Å². The van der Waals surface area contributed by atoms with Crippen LogP contribution in [-0.4, -0.2) is 35.3 Å². The van der Waals surface area contributed by atoms with Gasteiger partial charge < -0.3 is 9.47 Å². The number of pyridine rings is 1. The van der Waals surface area contributed by atoms with Crippen molar-refractivity contribution in [2.24, 2.45) is 4.99 Å². The Bertz CT molecular complexity index is 1230. The van der Waals surface area contributed by atoms with Crippen LogP contribution in [0.3, 0.4) is 0 Å². The van der Waals surface area contributed by atoms with Gasteiger partial charge >= 0.3 is 5.97 Å². The first kappa shape index (κ1) is 20.2. The number of hydrogen-bond acceptors (Lipinski definition) is 7. The van der Waals surface area contributed by atoms with Crippen molar-refractivity contribution >= 4 is 23.1 Å². The van der Waals surface area contributed by atoms with E-state index in [-0.39, 0.29) is 12.3 Å². The number of aromatic nitrogens is 1. The molecule has 1 heterocycles. The molecule has 0 amide bonds. The first-order valence-corrected chi connectivity index (χ1v) is 9.64. The van der Waals surface area contributed by atoms with Crippen molar-refractivity contribution in [1.82, 2.24) is 4.98 Å². The largest absolute Gasteiger partial charge is 0.497 e. The van der Waals surface area contributed by atoms with E-state index in [1.165, 1.54) is 12.1 Å². The fourth-order valence-corrected chi connectivity index (χ4v) is 3.51. The average molecular weight is 417 g/mol. The van der Waals surface area contributed by atoms with E-state index < -0.39 is 10.9 Å². The highest BCUT2D eigenvalue weighted by atomic mass is 16.6. The van der Waals surface area contributed by atoms with Crippen molar-refractivity contribution in [2.75, 3.05) is 13.7 Å². The van der Waals surface area contributed by atoms with Gasteiger partial charge in [0.25, 0.3) is 5.69 Å². The van der Waals surface area contributed by atoms with Crippen LogP contribution in [0.2, 0.25) is 0 Å². The number of methoxy groups -OCH3 is 1. The summed E-state index contributed by atoms with van der Waals surface area (Å²) in [5, 5.41) is 11.4. The van der Waals surface area contributed by atoms with Crippen molar-refractivity contribution < 1.29 is 19.2 Å². The van der Waals surface area contributed by atoms with Crippen molar-refractivity contribution in [3.8, 4) is 17.0 Å². The van der Waals surface area contributed by atoms with Gasteiger partial charge in [-0.3, -0.25) is 15.1 Å². The van der Waals surface area contributed by atoms with Crippen LogP contribution >= 0.6 is 0 Å². The minimum absolute atomic E-state index is 0.0451. The van der Waals surface area contributed by atoms with Crippen LogP contribution in [0, 0.1) is 17.0 Å². The molecule has 1 aliphatic rings. The number of rotatable bonds is 5. The molecule has 0 saturated heterocycles. The third-order valence-corrected chi connectivity index (χ3v) is 5.00. The Morgan fingerprint density at radius 3 is 2.48 bits per heavy atom. The van der Waals surface area contributed by atoms with Gasteiger partial charge in [-0.1, -0.05) is 0 Å². The SMILES string of the molecule is CCOC(=O)c1cc2c(nc1C)-c1ccc([N+](=O)[O-])cc1C2=Nc1ccc(OC)cc1. The van der Waals surface area contributed by atoms with Crippen molar-refractivity contribution in [3.05, 3.63) is 81.0 Å². The summed E-state index contributed by atoms with van der Waals surface area (Å²) in [6.45, 7) is 3.71. The Morgan fingerprint density at radius 2 is 1.84 bits per heavy atom. The summed E-state index contributed by atoms with van der Waals surface area (Å²) in [7, 11) is 1.58. The molecule has 1 aliphatic carbocycles. The third kappa shape index (κ3) is 3.63. The van der Waals surface area contributed by atoms with Crippen LogP contribution in [-0.2, 0) is 4.74 Å². The van der Waals surface area contributed by atoms with E-state index in [9.17, 15) is 14.9 Å². The molecule has 0 fully saturated rings. The minimum Gasteiger partial charge on any atom is -0.497 e. The maximum Gasteiger partial charge on any atom is 0.339 e. The molecule has 4 rings (SSSR count). The van der Waals surface area contributed by atoms with Gasteiger partial charge in [-0.25, -0.2) is 9.79 Å². The minimum atomic E-state index is -0.471. The number of nitrogens with zero attached hydrogens (tertiary/aromatic N) is 3. The number of hydrogen-bond donors (Lipinski definition) is 0. The highest BCUT2D eigenvalue weighted by molar-refractivity contribution is 6.25. The molecule has 1 aromatic heterocycles. The summed E-state index contributed by atoms with van der Waals surface area (Å²) < 4.78 is 10.3. The lowest BCUT2D eigenvalue weighted by Gasteiger charge is -2.08. The Morgan fingerprint density at radius 1 is 1.10 bits per heavy atom. The smallest absolute Gasteiger partial charge is 0.339 e. The standard InChI is InChI=1S/C23H19N3O5/c1-4-31-23(27)18-12-20-21(24-13(18)2)17-10-7-15(26(28)29)11-19(17)22(20)25-14-5-8-16(30-3)9-6-14/h5-12H,4H2,1-3H3. The summed E-state index contributed by atoms with van der Waals surface area (Å²) >= 11 is 0. The van der Waals surface area contributed by atoms with Crippen LogP contribution in [0.25, 0.3) is 11.3 Å². The van der Waals surface area contributed by atoms with Crippen LogP contribution in [0.15, 0.2) is 53.5 Å². The molecule has 0 aliphatic heterocycles. The molecule has 0 bridgehead atoms. The number of aliphatic imine (C=N–C) groups is 1. The van der Waals surface area contributed by atoms with Gasteiger partial charge in [-0.15, -0.1) is 0 Å². The molecule has 2 aromatic carbocycles. The van der Waals surface area contributed by atoms with Gasteiger partial charge in [0.05, 0.1) is 47.0 Å². The van der Waals surface area contributed by atoms with E-state index in [2.05, 4.69) is 4.98 Å². The van der Waals surface area contributed by atoms with E-state index in [4.69, 9.17) is 14.5 Å². The van der Waals surface area contributed by atoms with E-state index in [0.29, 0.717) is 45.2 Å². The molecular weight excluding hydrogens is 398 g/mol. The number of ether oxygens (including phenoxy) is 2. The van der Waals surface area contributed by atoms with E-state index in [0.717, 1.165) is 5.56 Å². The summed E-state index contributed by atoms with van der Waals surface area (Å²) in [5.41, 5.74) is 4.53. The number of aryl methyl sites for hydroxylation is 1. The Hall–Kier alpha value is -4.07. The maximum atomic E-state index is 12.4. The molecular formula is C23H19N3O5. The zero-order chi connectivity index (χ0) is 22.1. The second-order valence-corrected chi connectivity index (χ2v) is 6.88. The quantitative estimate of drug-likeness (QED) is 0.266. The molecule has 31 heavy (non-hydrogen) atoms. The van der Waals surface area contributed by atoms with Crippen LogP contribution < -0.4 is 4.74 Å². The number of carbonyl (C=O) groups excluding carboxylic acids is 1. The molecule has 0 saturated carbocycles. The molecule has 8 heteroatoms. The van der Waals surface area contributed by atoms with E-state index in [1.54, 1.807) is 57.4 Å². The van der Waals surface area contributed by atoms with Gasteiger partial charge in [-0.2, -0.15) is 0 Å². The van der Waals surface area contributed by atoms with Crippen LogP contribution in [0.5, 0.6) is 5.75 Å². The van der Waals surface area contributed by atoms with Gasteiger partial charge in [0.2, 0.25) is 0 Å². The number of fused-ring (bicyclic) bond motifs is 3. The van der Waals surface area contributed by atoms with E-state index in [1.807, 2.05) is 0 Å². The van der Waals surface area contributed by atoms with Crippen LogP contribution in [0.4, 0.5) is 11.4 Å². The molecule has 0 unspecified atom stereocenters. The summed E-state index contributed by atoms with van der Waals surface area (Å²) in [6.07, 6.45) is 0. The Labute approximate surface area is 178 Å². The molecule has 3 aromatic rings. The fourth-order valence-electron chi connectivity index (χ4n) is 3.51. The predicted octanol–water partition coefficient (Wildman–Crippen LogP) is 4.63. The molecule has 156 valence electrons. The summed E-state index contributed by atoms with van der Waals surface area (Å²) in [6, 6.07) is 13.4. The summed E-state index contributed by atoms with van der Waals surface area (Å²) in [4.78, 5) is 32.7. The monoisotopic (exact) mass is 417 g/mol. The van der Waals surface area contributed by atoms with Crippen LogP contribution in [0.1, 0.15) is 34.1 Å². The topological polar surface area (TPSA) is 104 Å². The third-order valence-electron chi connectivity index (χ3n) is 5.00. The molecule has 8 nitrogen and oxygen atoms in total. The molecule has 0 spiro atoms. The van der Waals surface area contributed by atoms with Crippen molar-refractivity contribution in [2.45, 2.75) is 13.8 Å². The lowest BCUT2D eigenvalue weighted by molar-refractivity contribution is -0.384. The number of esters is 1. The zero-order valence-electron chi connectivity index (χ0n) is 17.2. The summed E-state index contributed by atoms with van der Waals surface area (Å²) in [5.74, 6) is 0.217. The normalized spacial score (nSPS) is 12.9. The van der Waals surface area contributed by atoms with Gasteiger partial charge in [0.1, 0.15) is 5.75 Å². The second-order valence-electron chi connectivity index (χ2n) is 6.88. The van der Waals surface area contributed by atoms with Gasteiger partial charge in [0, 0.05) is 28.8 Å². The molecule has 0 radical (unpaired) electrons. The number of nitro benzene ring substituents is 1. The first-order chi connectivity index (χ1) is 14.9. The first-order valence-electron chi connectivity index (χ1n) is 9.64. The Kier molecular flexibility index (Phi) is 5.21. The fraction of sp³-hybridized carbons (Fsp3) is 0.174. The van der Waals surface area contributed by atoms with Gasteiger partial charge in [-0.05, 0) is 50.2 Å². The highest BCUT2D eigenvalue weighted by Gasteiger charge is 2.30. The number of benzene rings is 2. The number of carbonyl (C=O) groups is 1. The molecule has 0 N–H and O–H groups in total.